The summed E-state index contributed by atoms with van der Waals surface area (Å²) >= 11 is 0. The highest BCUT2D eigenvalue weighted by Crippen LogP contribution is 2.18. The minimum Gasteiger partial charge on any atom is -0.445 e. The van der Waals surface area contributed by atoms with Crippen LogP contribution in [-0.4, -0.2) is 23.0 Å². The van der Waals surface area contributed by atoms with E-state index in [9.17, 15) is 19.7 Å². The molecule has 1 amide bonds. The molecule has 1 atom stereocenters. The molecule has 158 valence electrons. The van der Waals surface area contributed by atoms with Gasteiger partial charge in [-0.2, -0.15) is 0 Å². The zero-order chi connectivity index (χ0) is 22.1. The van der Waals surface area contributed by atoms with Crippen LogP contribution in [-0.2, 0) is 22.6 Å². The maximum absolute atomic E-state index is 12.7. The fourth-order valence-electron chi connectivity index (χ4n) is 2.77. The molecule has 31 heavy (non-hydrogen) atoms. The first kappa shape index (κ1) is 21.5. The summed E-state index contributed by atoms with van der Waals surface area (Å²) in [5.41, 5.74) is 1.51. The van der Waals surface area contributed by atoms with E-state index in [0.29, 0.717) is 0 Å². The lowest BCUT2D eigenvalue weighted by Crippen LogP contribution is -2.44. The van der Waals surface area contributed by atoms with Crippen molar-refractivity contribution in [2.75, 3.05) is 0 Å². The normalized spacial score (nSPS) is 11.2. The smallest absolute Gasteiger partial charge is 0.408 e. The van der Waals surface area contributed by atoms with E-state index in [-0.39, 0.29) is 24.5 Å². The third-order valence-corrected chi connectivity index (χ3v) is 4.34. The molecule has 3 aromatic rings. The molecule has 0 heterocycles. The summed E-state index contributed by atoms with van der Waals surface area (Å²) in [6, 6.07) is 22.4. The predicted molar refractivity (Wildman–Crippen MR) is 112 cm³/mol. The van der Waals surface area contributed by atoms with E-state index in [0.717, 1.165) is 11.1 Å². The van der Waals surface area contributed by atoms with Gasteiger partial charge in [0.1, 0.15) is 18.4 Å². The molecular weight excluding hydrogens is 400 g/mol. The van der Waals surface area contributed by atoms with Gasteiger partial charge in [-0.3, -0.25) is 10.1 Å². The van der Waals surface area contributed by atoms with E-state index < -0.39 is 23.0 Å². The zero-order valence-electron chi connectivity index (χ0n) is 16.5. The first-order valence-electron chi connectivity index (χ1n) is 9.48. The second kappa shape index (κ2) is 10.5. The number of hydrogen-bond donors (Lipinski definition) is 1. The van der Waals surface area contributed by atoms with Crippen molar-refractivity contribution in [2.45, 2.75) is 19.1 Å². The molecule has 0 unspecified atom stereocenters. The van der Waals surface area contributed by atoms with Gasteiger partial charge in [-0.25, -0.2) is 9.59 Å². The minimum atomic E-state index is -1.01. The summed E-state index contributed by atoms with van der Waals surface area (Å²) in [6.07, 6.45) is -0.571. The second-order valence-corrected chi connectivity index (χ2v) is 6.62. The Balaban J connectivity index is 1.66. The van der Waals surface area contributed by atoms with Crippen LogP contribution in [0.2, 0.25) is 0 Å². The Morgan fingerprint density at radius 3 is 2.03 bits per heavy atom. The predicted octanol–water partition coefficient (Wildman–Crippen LogP) is 4.04. The Kier molecular flexibility index (Phi) is 7.31. The van der Waals surface area contributed by atoms with Crippen LogP contribution < -0.4 is 10.1 Å². The number of nitrogens with zero attached hydrogens (tertiary/aromatic N) is 1. The molecule has 3 aromatic carbocycles. The van der Waals surface area contributed by atoms with Gasteiger partial charge in [-0.1, -0.05) is 60.7 Å². The second-order valence-electron chi connectivity index (χ2n) is 6.62. The number of rotatable bonds is 8. The summed E-state index contributed by atoms with van der Waals surface area (Å²) < 4.78 is 10.5. The lowest BCUT2D eigenvalue weighted by molar-refractivity contribution is -0.384. The van der Waals surface area contributed by atoms with Crippen molar-refractivity contribution in [3.8, 4) is 5.75 Å². The fourth-order valence-corrected chi connectivity index (χ4v) is 2.77. The Morgan fingerprint density at radius 2 is 1.45 bits per heavy atom. The van der Waals surface area contributed by atoms with Crippen LogP contribution in [0.15, 0.2) is 84.9 Å². The molecule has 8 nitrogen and oxygen atoms in total. The van der Waals surface area contributed by atoms with Gasteiger partial charge in [-0.05, 0) is 23.3 Å². The third-order valence-electron chi connectivity index (χ3n) is 4.34. The minimum absolute atomic E-state index is 0.0577. The number of amides is 1. The van der Waals surface area contributed by atoms with Crippen LogP contribution in [0, 0.1) is 10.1 Å². The molecule has 3 rings (SSSR count). The number of esters is 1. The number of hydrogen-bond acceptors (Lipinski definition) is 6. The van der Waals surface area contributed by atoms with E-state index >= 15 is 0 Å². The van der Waals surface area contributed by atoms with Gasteiger partial charge >= 0.3 is 12.1 Å². The van der Waals surface area contributed by atoms with Crippen molar-refractivity contribution in [1.82, 2.24) is 5.32 Å². The number of non-ortho nitro benzene ring substituents is 1. The molecule has 0 radical (unpaired) electrons. The third kappa shape index (κ3) is 6.67. The van der Waals surface area contributed by atoms with Gasteiger partial charge in [0.15, 0.2) is 0 Å². The lowest BCUT2D eigenvalue weighted by Gasteiger charge is -2.17. The molecule has 0 fully saturated rings. The summed E-state index contributed by atoms with van der Waals surface area (Å²) in [6.45, 7) is 0.0577. The molecular formula is C23H20N2O6. The summed E-state index contributed by atoms with van der Waals surface area (Å²) in [5.74, 6) is -0.581. The first-order valence-corrected chi connectivity index (χ1v) is 9.48. The van der Waals surface area contributed by atoms with Crippen molar-refractivity contribution >= 4 is 17.7 Å². The maximum Gasteiger partial charge on any atom is 0.408 e. The highest BCUT2D eigenvalue weighted by molar-refractivity contribution is 5.83. The van der Waals surface area contributed by atoms with Crippen LogP contribution in [0.4, 0.5) is 10.5 Å². The number of benzene rings is 3. The average molecular weight is 420 g/mol. The molecule has 0 saturated carbocycles. The number of ether oxygens (including phenoxy) is 2. The molecule has 8 heteroatoms. The number of alkyl carbamates (subject to hydrolysis) is 1. The van der Waals surface area contributed by atoms with E-state index in [1.165, 1.54) is 24.3 Å². The Morgan fingerprint density at radius 1 is 0.871 bits per heavy atom. The maximum atomic E-state index is 12.7. The van der Waals surface area contributed by atoms with E-state index in [1.807, 2.05) is 60.7 Å². The highest BCUT2D eigenvalue weighted by Gasteiger charge is 2.24. The van der Waals surface area contributed by atoms with E-state index in [2.05, 4.69) is 5.32 Å². The van der Waals surface area contributed by atoms with Crippen LogP contribution in [0.5, 0.6) is 5.75 Å². The van der Waals surface area contributed by atoms with Crippen molar-refractivity contribution in [1.29, 1.82) is 0 Å². The average Bonchev–Trinajstić information content (AvgIpc) is 2.79. The number of nitrogens with one attached hydrogen (secondary N) is 1. The standard InChI is InChI=1S/C23H20N2O6/c26-22(31-20-13-11-19(12-14-20)25(28)29)21(15-17-7-3-1-4-8-17)24-23(27)30-16-18-9-5-2-6-10-18/h1-14,21H,15-16H2,(H,24,27)/t21-/m0/s1. The summed E-state index contributed by atoms with van der Waals surface area (Å²) in [5, 5.41) is 13.3. The lowest BCUT2D eigenvalue weighted by atomic mass is 10.1. The molecule has 0 bridgehead atoms. The Hall–Kier alpha value is -4.20. The van der Waals surface area contributed by atoms with Gasteiger partial charge in [0.25, 0.3) is 5.69 Å². The molecule has 0 saturated heterocycles. The van der Waals surface area contributed by atoms with Gasteiger partial charge in [0.2, 0.25) is 0 Å². The summed E-state index contributed by atoms with van der Waals surface area (Å²) in [4.78, 5) is 35.2. The van der Waals surface area contributed by atoms with Crippen LogP contribution in [0.3, 0.4) is 0 Å². The van der Waals surface area contributed by atoms with Crippen LogP contribution in [0.1, 0.15) is 11.1 Å². The van der Waals surface area contributed by atoms with Gasteiger partial charge in [0, 0.05) is 18.6 Å². The molecule has 1 N–H and O–H groups in total. The Bertz CT molecular complexity index is 1020. The molecule has 0 spiro atoms. The van der Waals surface area contributed by atoms with Crippen molar-refractivity contribution in [3.63, 3.8) is 0 Å². The van der Waals surface area contributed by atoms with Gasteiger partial charge in [0.05, 0.1) is 4.92 Å². The summed E-state index contributed by atoms with van der Waals surface area (Å²) in [7, 11) is 0. The van der Waals surface area contributed by atoms with Crippen LogP contribution >= 0.6 is 0 Å². The van der Waals surface area contributed by atoms with Gasteiger partial charge in [-0.15, -0.1) is 0 Å². The topological polar surface area (TPSA) is 108 Å². The van der Waals surface area contributed by atoms with Crippen LogP contribution in [0.25, 0.3) is 0 Å². The highest BCUT2D eigenvalue weighted by atomic mass is 16.6. The fraction of sp³-hybridized carbons (Fsp3) is 0.130. The first-order chi connectivity index (χ1) is 15.0. The van der Waals surface area contributed by atoms with Crippen molar-refractivity contribution in [3.05, 3.63) is 106 Å². The Labute approximate surface area is 178 Å². The number of carbonyl (C=O) groups excluding carboxylic acids is 2. The zero-order valence-corrected chi connectivity index (χ0v) is 16.5. The van der Waals surface area contributed by atoms with Gasteiger partial charge < -0.3 is 14.8 Å². The van der Waals surface area contributed by atoms with Crippen molar-refractivity contribution < 1.29 is 24.0 Å². The monoisotopic (exact) mass is 420 g/mol. The number of carbonyl (C=O) groups is 2. The molecule has 0 aliphatic rings. The number of nitro benzene ring substituents is 1. The van der Waals surface area contributed by atoms with E-state index in [4.69, 9.17) is 9.47 Å². The molecule has 0 aliphatic heterocycles. The largest absolute Gasteiger partial charge is 0.445 e. The number of nitro groups is 1. The van der Waals surface area contributed by atoms with E-state index in [1.54, 1.807) is 0 Å². The van der Waals surface area contributed by atoms with Crippen molar-refractivity contribution in [2.24, 2.45) is 0 Å². The quantitative estimate of drug-likeness (QED) is 0.255. The molecule has 0 aliphatic carbocycles. The molecule has 0 aromatic heterocycles. The SMILES string of the molecule is O=C(N[C@@H](Cc1ccccc1)C(=O)Oc1ccc([N+](=O)[O-])cc1)OCc1ccccc1.